The van der Waals surface area contributed by atoms with Crippen LogP contribution < -0.4 is 10.1 Å². The fourth-order valence-corrected chi connectivity index (χ4v) is 2.43. The number of halogens is 2. The Morgan fingerprint density at radius 2 is 1.90 bits per heavy atom. The first kappa shape index (κ1) is 14.7. The Hall–Kier alpha value is -1.69. The van der Waals surface area contributed by atoms with E-state index < -0.39 is 12.2 Å². The van der Waals surface area contributed by atoms with E-state index in [1.807, 2.05) is 0 Å². The standard InChI is InChI=1S/C14H17F2NO3/c15-13(16)20-11-5-3-10(4-6-11)17-12(18)9-14(19)7-1-2-8-14/h3-6,13,19H,1-2,7-9H2,(H,17,18). The highest BCUT2D eigenvalue weighted by molar-refractivity contribution is 5.91. The van der Waals surface area contributed by atoms with Crippen molar-refractivity contribution in [3.63, 3.8) is 0 Å². The summed E-state index contributed by atoms with van der Waals surface area (Å²) in [5.74, 6) is -0.246. The predicted octanol–water partition coefficient (Wildman–Crippen LogP) is 2.92. The van der Waals surface area contributed by atoms with E-state index in [1.54, 1.807) is 0 Å². The molecular weight excluding hydrogens is 268 g/mol. The molecule has 1 aromatic rings. The summed E-state index contributed by atoms with van der Waals surface area (Å²) < 4.78 is 28.2. The van der Waals surface area contributed by atoms with Gasteiger partial charge in [0.05, 0.1) is 12.0 Å². The van der Waals surface area contributed by atoms with Crippen molar-refractivity contribution >= 4 is 11.6 Å². The number of nitrogens with one attached hydrogen (secondary N) is 1. The van der Waals surface area contributed by atoms with E-state index >= 15 is 0 Å². The van der Waals surface area contributed by atoms with Crippen molar-refractivity contribution in [2.75, 3.05) is 5.32 Å². The molecule has 0 aliphatic heterocycles. The third-order valence-corrected chi connectivity index (χ3v) is 3.39. The summed E-state index contributed by atoms with van der Waals surface area (Å²) in [6, 6.07) is 5.67. The molecule has 0 spiro atoms. The lowest BCUT2D eigenvalue weighted by Crippen LogP contribution is -2.30. The van der Waals surface area contributed by atoms with E-state index in [1.165, 1.54) is 24.3 Å². The van der Waals surface area contributed by atoms with Gasteiger partial charge >= 0.3 is 6.61 Å². The molecule has 1 aromatic carbocycles. The second kappa shape index (κ2) is 6.17. The number of ether oxygens (including phenoxy) is 1. The Morgan fingerprint density at radius 3 is 2.45 bits per heavy atom. The summed E-state index contributed by atoms with van der Waals surface area (Å²) in [4.78, 5) is 11.8. The van der Waals surface area contributed by atoms with Crippen LogP contribution in [0.15, 0.2) is 24.3 Å². The molecule has 0 bridgehead atoms. The largest absolute Gasteiger partial charge is 0.435 e. The van der Waals surface area contributed by atoms with Crippen LogP contribution in [0.5, 0.6) is 5.75 Å². The monoisotopic (exact) mass is 285 g/mol. The van der Waals surface area contributed by atoms with Crippen LogP contribution in [0.25, 0.3) is 0 Å². The van der Waals surface area contributed by atoms with Gasteiger partial charge in [-0.2, -0.15) is 8.78 Å². The quantitative estimate of drug-likeness (QED) is 0.874. The van der Waals surface area contributed by atoms with Gasteiger partial charge < -0.3 is 15.2 Å². The molecule has 2 N–H and O–H groups in total. The number of alkyl halides is 2. The zero-order valence-corrected chi connectivity index (χ0v) is 10.9. The van der Waals surface area contributed by atoms with E-state index in [-0.39, 0.29) is 18.1 Å². The Bertz CT molecular complexity index is 456. The van der Waals surface area contributed by atoms with E-state index in [9.17, 15) is 18.7 Å². The smallest absolute Gasteiger partial charge is 0.387 e. The first-order valence-electron chi connectivity index (χ1n) is 6.54. The van der Waals surface area contributed by atoms with Crippen molar-refractivity contribution in [3.05, 3.63) is 24.3 Å². The summed E-state index contributed by atoms with van der Waals surface area (Å²) in [6.45, 7) is -2.87. The van der Waals surface area contributed by atoms with Crippen LogP contribution in [0.1, 0.15) is 32.1 Å². The molecule has 1 amide bonds. The van der Waals surface area contributed by atoms with Crippen molar-refractivity contribution in [2.45, 2.75) is 44.3 Å². The van der Waals surface area contributed by atoms with Crippen LogP contribution in [-0.2, 0) is 4.79 Å². The Labute approximate surface area is 115 Å². The molecule has 0 aromatic heterocycles. The zero-order valence-electron chi connectivity index (χ0n) is 10.9. The van der Waals surface area contributed by atoms with E-state index in [4.69, 9.17) is 0 Å². The van der Waals surface area contributed by atoms with Gasteiger partial charge in [0, 0.05) is 5.69 Å². The number of rotatable bonds is 5. The molecule has 0 unspecified atom stereocenters. The molecule has 0 radical (unpaired) electrons. The van der Waals surface area contributed by atoms with Gasteiger partial charge in [-0.05, 0) is 37.1 Å². The molecule has 2 rings (SSSR count). The molecule has 1 aliphatic carbocycles. The highest BCUT2D eigenvalue weighted by Gasteiger charge is 2.33. The number of hydrogen-bond donors (Lipinski definition) is 2. The third kappa shape index (κ3) is 4.16. The average molecular weight is 285 g/mol. The third-order valence-electron chi connectivity index (χ3n) is 3.39. The second-order valence-electron chi connectivity index (χ2n) is 5.06. The molecule has 0 atom stereocenters. The number of aliphatic hydroxyl groups is 1. The number of anilines is 1. The van der Waals surface area contributed by atoms with Gasteiger partial charge in [-0.25, -0.2) is 0 Å². The first-order valence-corrected chi connectivity index (χ1v) is 6.54. The maximum atomic E-state index is 12.0. The molecule has 0 heterocycles. The van der Waals surface area contributed by atoms with Gasteiger partial charge in [-0.15, -0.1) is 0 Å². The average Bonchev–Trinajstić information content (AvgIpc) is 2.77. The van der Waals surface area contributed by atoms with Crippen LogP contribution in [0.3, 0.4) is 0 Å². The van der Waals surface area contributed by atoms with E-state index in [2.05, 4.69) is 10.1 Å². The lowest BCUT2D eigenvalue weighted by atomic mass is 9.97. The minimum atomic E-state index is -2.87. The number of carbonyl (C=O) groups is 1. The van der Waals surface area contributed by atoms with Gasteiger partial charge in [-0.1, -0.05) is 12.8 Å². The van der Waals surface area contributed by atoms with Crippen LogP contribution in [0, 0.1) is 0 Å². The lowest BCUT2D eigenvalue weighted by Gasteiger charge is -2.21. The molecule has 1 aliphatic rings. The van der Waals surface area contributed by atoms with Crippen molar-refractivity contribution in [1.82, 2.24) is 0 Å². The van der Waals surface area contributed by atoms with Crippen LogP contribution in [0.2, 0.25) is 0 Å². The normalized spacial score (nSPS) is 17.2. The van der Waals surface area contributed by atoms with Crippen LogP contribution >= 0.6 is 0 Å². The Kier molecular flexibility index (Phi) is 4.54. The zero-order chi connectivity index (χ0) is 14.6. The second-order valence-corrected chi connectivity index (χ2v) is 5.06. The van der Waals surface area contributed by atoms with Gasteiger partial charge in [-0.3, -0.25) is 4.79 Å². The summed E-state index contributed by atoms with van der Waals surface area (Å²) in [7, 11) is 0. The number of amides is 1. The predicted molar refractivity (Wildman–Crippen MR) is 69.7 cm³/mol. The van der Waals surface area contributed by atoms with Crippen LogP contribution in [-0.4, -0.2) is 23.2 Å². The number of hydrogen-bond acceptors (Lipinski definition) is 3. The van der Waals surface area contributed by atoms with E-state index in [0.717, 1.165) is 12.8 Å². The van der Waals surface area contributed by atoms with Gasteiger partial charge in [0.15, 0.2) is 0 Å². The molecule has 1 fully saturated rings. The number of carbonyl (C=O) groups excluding carboxylic acids is 1. The van der Waals surface area contributed by atoms with Gasteiger partial charge in [0.2, 0.25) is 5.91 Å². The molecule has 0 saturated heterocycles. The molecule has 20 heavy (non-hydrogen) atoms. The van der Waals surface area contributed by atoms with Crippen LogP contribution in [0.4, 0.5) is 14.5 Å². The summed E-state index contributed by atoms with van der Waals surface area (Å²) in [5.41, 5.74) is -0.416. The maximum absolute atomic E-state index is 12.0. The molecular formula is C14H17F2NO3. The summed E-state index contributed by atoms with van der Waals surface area (Å²) in [5, 5.41) is 12.8. The molecule has 4 nitrogen and oxygen atoms in total. The molecule has 110 valence electrons. The van der Waals surface area contributed by atoms with Crippen molar-refractivity contribution < 1.29 is 23.4 Å². The topological polar surface area (TPSA) is 58.6 Å². The minimum absolute atomic E-state index is 0.0346. The van der Waals surface area contributed by atoms with E-state index in [0.29, 0.717) is 18.5 Å². The maximum Gasteiger partial charge on any atom is 0.387 e. The highest BCUT2D eigenvalue weighted by Crippen LogP contribution is 2.32. The highest BCUT2D eigenvalue weighted by atomic mass is 19.3. The Morgan fingerprint density at radius 1 is 1.30 bits per heavy atom. The molecule has 6 heteroatoms. The van der Waals surface area contributed by atoms with Gasteiger partial charge in [0.25, 0.3) is 0 Å². The SMILES string of the molecule is O=C(CC1(O)CCCC1)Nc1ccc(OC(F)F)cc1. The minimum Gasteiger partial charge on any atom is -0.435 e. The summed E-state index contributed by atoms with van der Waals surface area (Å²) in [6.07, 6.45) is 3.21. The van der Waals surface area contributed by atoms with Crippen molar-refractivity contribution in [1.29, 1.82) is 0 Å². The first-order chi connectivity index (χ1) is 9.47. The molecule has 1 saturated carbocycles. The van der Waals surface area contributed by atoms with Crippen molar-refractivity contribution in [2.24, 2.45) is 0 Å². The summed E-state index contributed by atoms with van der Waals surface area (Å²) >= 11 is 0. The fraction of sp³-hybridized carbons (Fsp3) is 0.500. The van der Waals surface area contributed by atoms with Crippen molar-refractivity contribution in [3.8, 4) is 5.75 Å². The Balaban J connectivity index is 1.87. The number of benzene rings is 1. The van der Waals surface area contributed by atoms with Gasteiger partial charge in [0.1, 0.15) is 5.75 Å². The lowest BCUT2D eigenvalue weighted by molar-refractivity contribution is -0.120. The fourth-order valence-electron chi connectivity index (χ4n) is 2.43.